The summed E-state index contributed by atoms with van der Waals surface area (Å²) in [5.41, 5.74) is 0.437. The molecule has 14 heteroatoms. The lowest BCUT2D eigenvalue weighted by molar-refractivity contribution is -0.384. The fourth-order valence-corrected chi connectivity index (χ4v) is 3.47. The number of nitro groups is 2. The van der Waals surface area contributed by atoms with E-state index in [2.05, 4.69) is 15.7 Å². The summed E-state index contributed by atoms with van der Waals surface area (Å²) < 4.78 is 24.6. The van der Waals surface area contributed by atoms with Crippen LogP contribution < -0.4 is 10.6 Å². The number of rotatable bonds is 9. The molecule has 0 aliphatic heterocycles. The Morgan fingerprint density at radius 2 is 1.76 bits per heavy atom. The molecule has 0 bridgehead atoms. The number of hydrogen-bond acceptors (Lipinski definition) is 9. The van der Waals surface area contributed by atoms with Crippen LogP contribution in [0.5, 0.6) is 0 Å². The van der Waals surface area contributed by atoms with Gasteiger partial charge in [0.1, 0.15) is 5.69 Å². The van der Waals surface area contributed by atoms with E-state index in [0.717, 1.165) is 12.3 Å². The monoisotopic (exact) mass is 474 g/mol. The van der Waals surface area contributed by atoms with Crippen LogP contribution in [-0.4, -0.2) is 53.3 Å². The molecule has 0 spiro atoms. The Labute approximate surface area is 187 Å². The fourth-order valence-electron chi connectivity index (χ4n) is 2.83. The van der Waals surface area contributed by atoms with Crippen LogP contribution >= 0.6 is 0 Å². The number of sulfone groups is 1. The molecular weight excluding hydrogens is 456 g/mol. The van der Waals surface area contributed by atoms with Crippen molar-refractivity contribution in [3.05, 3.63) is 80.7 Å². The normalized spacial score (nSPS) is 11.1. The summed E-state index contributed by atoms with van der Waals surface area (Å²) in [6.07, 6.45) is 3.75. The van der Waals surface area contributed by atoms with Gasteiger partial charge in [0.05, 0.1) is 32.2 Å². The zero-order valence-electron chi connectivity index (χ0n) is 17.2. The molecule has 0 aliphatic rings. The van der Waals surface area contributed by atoms with Crippen molar-refractivity contribution in [2.75, 3.05) is 24.7 Å². The molecule has 0 radical (unpaired) electrons. The first kappa shape index (κ1) is 23.3. The number of carbonyl (C=O) groups excluding carboxylic acids is 1. The predicted molar refractivity (Wildman–Crippen MR) is 117 cm³/mol. The smallest absolute Gasteiger partial charge is 0.293 e. The van der Waals surface area contributed by atoms with Gasteiger partial charge in [0, 0.05) is 43.7 Å². The SMILES string of the molecule is CS(=O)(=O)c1ccc(NCCNC(=O)c2cnn(-c3ccc([N+](=O)[O-])cc3)c2)c([N+](=O)[O-])c1. The maximum absolute atomic E-state index is 12.3. The molecule has 0 saturated heterocycles. The van der Waals surface area contributed by atoms with Crippen LogP contribution in [-0.2, 0) is 9.84 Å². The number of nitrogens with zero attached hydrogens (tertiary/aromatic N) is 4. The van der Waals surface area contributed by atoms with Crippen LogP contribution in [0.25, 0.3) is 5.69 Å². The lowest BCUT2D eigenvalue weighted by atomic mass is 10.2. The topological polar surface area (TPSA) is 179 Å². The van der Waals surface area contributed by atoms with Crippen LogP contribution in [0, 0.1) is 20.2 Å². The molecule has 3 rings (SSSR count). The molecule has 1 heterocycles. The van der Waals surface area contributed by atoms with E-state index < -0.39 is 31.3 Å². The number of aromatic nitrogens is 2. The van der Waals surface area contributed by atoms with Gasteiger partial charge in [-0.25, -0.2) is 13.1 Å². The number of non-ortho nitro benzene ring substituents is 1. The van der Waals surface area contributed by atoms with E-state index >= 15 is 0 Å². The molecule has 2 N–H and O–H groups in total. The highest BCUT2D eigenvalue weighted by molar-refractivity contribution is 7.90. The molecule has 0 unspecified atom stereocenters. The van der Waals surface area contributed by atoms with E-state index in [9.17, 15) is 33.4 Å². The molecule has 0 aliphatic carbocycles. The van der Waals surface area contributed by atoms with Crippen molar-refractivity contribution in [1.29, 1.82) is 0 Å². The second kappa shape index (κ2) is 9.44. The van der Waals surface area contributed by atoms with Gasteiger partial charge < -0.3 is 10.6 Å². The van der Waals surface area contributed by atoms with Crippen LogP contribution in [0.2, 0.25) is 0 Å². The Bertz CT molecular complexity index is 1320. The quantitative estimate of drug-likeness (QED) is 0.266. The molecule has 1 aromatic heterocycles. The summed E-state index contributed by atoms with van der Waals surface area (Å²) in [5, 5.41) is 31.5. The van der Waals surface area contributed by atoms with Gasteiger partial charge in [0.2, 0.25) is 0 Å². The lowest BCUT2D eigenvalue weighted by Crippen LogP contribution is -2.28. The Morgan fingerprint density at radius 1 is 1.06 bits per heavy atom. The third kappa shape index (κ3) is 5.68. The van der Waals surface area contributed by atoms with Crippen molar-refractivity contribution in [2.45, 2.75) is 4.90 Å². The predicted octanol–water partition coefficient (Wildman–Crippen LogP) is 1.93. The standard InChI is InChI=1S/C19H18N6O7S/c1-33(31,32)16-6-7-17(18(10-16)25(29)30)20-8-9-21-19(26)13-11-22-23(12-13)14-2-4-15(5-3-14)24(27)28/h2-7,10-12,20H,8-9H2,1H3,(H,21,26). The third-order valence-corrected chi connectivity index (χ3v) is 5.60. The third-order valence-electron chi connectivity index (χ3n) is 4.49. The molecule has 0 atom stereocenters. The second-order valence-corrected chi connectivity index (χ2v) is 8.85. The van der Waals surface area contributed by atoms with E-state index in [1.54, 1.807) is 0 Å². The van der Waals surface area contributed by atoms with Gasteiger partial charge in [-0.05, 0) is 24.3 Å². The van der Waals surface area contributed by atoms with Gasteiger partial charge in [-0.15, -0.1) is 0 Å². The maximum Gasteiger partial charge on any atom is 0.293 e. The van der Waals surface area contributed by atoms with Crippen molar-refractivity contribution in [1.82, 2.24) is 15.1 Å². The number of nitrogens with one attached hydrogen (secondary N) is 2. The van der Waals surface area contributed by atoms with Crippen LogP contribution in [0.3, 0.4) is 0 Å². The largest absolute Gasteiger partial charge is 0.378 e. The minimum Gasteiger partial charge on any atom is -0.378 e. The average Bonchev–Trinajstić information content (AvgIpc) is 3.26. The summed E-state index contributed by atoms with van der Waals surface area (Å²) in [7, 11) is -3.59. The minimum absolute atomic E-state index is 0.0671. The van der Waals surface area contributed by atoms with Gasteiger partial charge in [0.15, 0.2) is 9.84 Å². The molecule has 33 heavy (non-hydrogen) atoms. The zero-order valence-corrected chi connectivity index (χ0v) is 18.0. The van der Waals surface area contributed by atoms with Crippen molar-refractivity contribution < 1.29 is 23.1 Å². The Balaban J connectivity index is 1.58. The first-order valence-corrected chi connectivity index (χ1v) is 11.3. The van der Waals surface area contributed by atoms with E-state index in [1.165, 1.54) is 53.5 Å². The van der Waals surface area contributed by atoms with Crippen LogP contribution in [0.1, 0.15) is 10.4 Å². The Morgan fingerprint density at radius 3 is 2.36 bits per heavy atom. The number of nitro benzene ring substituents is 2. The van der Waals surface area contributed by atoms with E-state index in [4.69, 9.17) is 0 Å². The van der Waals surface area contributed by atoms with E-state index in [0.29, 0.717) is 5.69 Å². The summed E-state index contributed by atoms with van der Waals surface area (Å²) in [6, 6.07) is 9.18. The van der Waals surface area contributed by atoms with Gasteiger partial charge in [0.25, 0.3) is 17.3 Å². The van der Waals surface area contributed by atoms with Crippen molar-refractivity contribution in [3.63, 3.8) is 0 Å². The molecule has 13 nitrogen and oxygen atoms in total. The zero-order chi connectivity index (χ0) is 24.2. The number of carbonyl (C=O) groups is 1. The Kier molecular flexibility index (Phi) is 6.67. The Hall–Kier alpha value is -4.33. The van der Waals surface area contributed by atoms with Gasteiger partial charge >= 0.3 is 0 Å². The summed E-state index contributed by atoms with van der Waals surface area (Å²) in [6.45, 7) is 0.258. The molecule has 0 saturated carbocycles. The van der Waals surface area contributed by atoms with E-state index in [-0.39, 0.29) is 34.9 Å². The summed E-state index contributed by atoms with van der Waals surface area (Å²) >= 11 is 0. The van der Waals surface area contributed by atoms with Crippen LogP contribution in [0.15, 0.2) is 59.8 Å². The van der Waals surface area contributed by atoms with Crippen LogP contribution in [0.4, 0.5) is 17.1 Å². The highest BCUT2D eigenvalue weighted by Crippen LogP contribution is 2.27. The molecule has 172 valence electrons. The maximum atomic E-state index is 12.3. The van der Waals surface area contributed by atoms with Gasteiger partial charge in [-0.1, -0.05) is 0 Å². The number of anilines is 1. The van der Waals surface area contributed by atoms with Crippen molar-refractivity contribution in [2.24, 2.45) is 0 Å². The number of hydrogen-bond donors (Lipinski definition) is 2. The molecule has 0 fully saturated rings. The summed E-state index contributed by atoms with van der Waals surface area (Å²) in [4.78, 5) is 32.9. The van der Waals surface area contributed by atoms with Gasteiger partial charge in [-0.2, -0.15) is 5.10 Å². The average molecular weight is 474 g/mol. The highest BCUT2D eigenvalue weighted by Gasteiger charge is 2.18. The first-order valence-electron chi connectivity index (χ1n) is 9.36. The molecule has 1 amide bonds. The van der Waals surface area contributed by atoms with E-state index in [1.807, 2.05) is 0 Å². The lowest BCUT2D eigenvalue weighted by Gasteiger charge is -2.09. The van der Waals surface area contributed by atoms with Crippen molar-refractivity contribution in [3.8, 4) is 5.69 Å². The molecule has 3 aromatic rings. The fraction of sp³-hybridized carbons (Fsp3) is 0.158. The molecule has 2 aromatic carbocycles. The number of amides is 1. The first-order chi connectivity index (χ1) is 15.6. The molecular formula is C19H18N6O7S. The van der Waals surface area contributed by atoms with Crippen molar-refractivity contribution >= 4 is 32.8 Å². The highest BCUT2D eigenvalue weighted by atomic mass is 32.2. The minimum atomic E-state index is -3.59. The number of benzene rings is 2. The summed E-state index contributed by atoms with van der Waals surface area (Å²) in [5.74, 6) is -0.438. The van der Waals surface area contributed by atoms with Gasteiger partial charge in [-0.3, -0.25) is 25.0 Å². The second-order valence-electron chi connectivity index (χ2n) is 6.84.